The monoisotopic (exact) mass is 338 g/mol. The molecule has 1 aromatic heterocycles. The Balaban J connectivity index is 1.81. The van der Waals surface area contributed by atoms with E-state index in [1.807, 2.05) is 31.2 Å². The van der Waals surface area contributed by atoms with Gasteiger partial charge in [-0.05, 0) is 54.3 Å². The van der Waals surface area contributed by atoms with Crippen LogP contribution in [0.5, 0.6) is 0 Å². The van der Waals surface area contributed by atoms with E-state index in [0.717, 1.165) is 16.5 Å². The van der Waals surface area contributed by atoms with Crippen molar-refractivity contribution in [2.45, 2.75) is 6.92 Å². The summed E-state index contributed by atoms with van der Waals surface area (Å²) in [6, 6.07) is 14.5. The molecule has 0 atom stereocenters. The van der Waals surface area contributed by atoms with E-state index in [0.29, 0.717) is 16.3 Å². The van der Waals surface area contributed by atoms with Gasteiger partial charge in [0.25, 0.3) is 5.56 Å². The first kappa shape index (κ1) is 16.0. The first-order valence-electron chi connectivity index (χ1n) is 7.40. The minimum absolute atomic E-state index is 0.236. The lowest BCUT2D eigenvalue weighted by atomic mass is 10.1. The number of anilines is 1. The number of carbonyl (C=O) groups excluding carboxylic acids is 1. The summed E-state index contributed by atoms with van der Waals surface area (Å²) in [6.45, 7) is 1.86. The molecule has 2 N–H and O–H groups in total. The number of rotatable bonds is 3. The molecule has 1 amide bonds. The van der Waals surface area contributed by atoms with E-state index in [1.165, 1.54) is 12.2 Å². The zero-order valence-corrected chi connectivity index (χ0v) is 13.7. The molecule has 3 aromatic rings. The van der Waals surface area contributed by atoms with E-state index in [4.69, 9.17) is 11.6 Å². The topological polar surface area (TPSA) is 62.0 Å². The highest BCUT2D eigenvalue weighted by Crippen LogP contribution is 2.19. The molecule has 0 radical (unpaired) electrons. The number of benzene rings is 2. The van der Waals surface area contributed by atoms with Crippen molar-refractivity contribution in [3.05, 3.63) is 81.1 Å². The fraction of sp³-hybridized carbons (Fsp3) is 0.0526. The lowest BCUT2D eigenvalue weighted by Gasteiger charge is -2.06. The molecule has 5 heteroatoms. The first-order chi connectivity index (χ1) is 11.5. The number of halogens is 1. The van der Waals surface area contributed by atoms with Gasteiger partial charge in [0, 0.05) is 27.9 Å². The molecule has 24 heavy (non-hydrogen) atoms. The SMILES string of the molecule is Cc1cc(Cl)ccc1NC(=O)/C=C/c1cc2ccccc2[nH]c1=O. The molecular weight excluding hydrogens is 324 g/mol. The summed E-state index contributed by atoms with van der Waals surface area (Å²) in [4.78, 5) is 26.9. The standard InChI is InChI=1S/C19H15ClN2O2/c1-12-10-15(20)7-8-16(12)21-18(23)9-6-14-11-13-4-2-3-5-17(13)22-19(14)24/h2-11H,1H3,(H,21,23)(H,22,24)/b9-6+. The van der Waals surface area contributed by atoms with Gasteiger partial charge in [-0.3, -0.25) is 9.59 Å². The highest BCUT2D eigenvalue weighted by Gasteiger charge is 2.04. The second-order valence-corrected chi connectivity index (χ2v) is 5.86. The van der Waals surface area contributed by atoms with Gasteiger partial charge in [-0.25, -0.2) is 0 Å². The van der Waals surface area contributed by atoms with E-state index in [1.54, 1.807) is 24.3 Å². The van der Waals surface area contributed by atoms with E-state index in [9.17, 15) is 9.59 Å². The van der Waals surface area contributed by atoms with Crippen molar-refractivity contribution in [2.75, 3.05) is 5.32 Å². The van der Waals surface area contributed by atoms with Gasteiger partial charge < -0.3 is 10.3 Å². The number of aromatic nitrogens is 1. The van der Waals surface area contributed by atoms with Crippen molar-refractivity contribution in [1.82, 2.24) is 4.98 Å². The maximum Gasteiger partial charge on any atom is 0.255 e. The number of para-hydroxylation sites is 1. The normalized spacial score (nSPS) is 11.1. The molecule has 0 saturated carbocycles. The van der Waals surface area contributed by atoms with Gasteiger partial charge in [0.05, 0.1) is 0 Å². The number of aryl methyl sites for hydroxylation is 1. The van der Waals surface area contributed by atoms with Crippen molar-refractivity contribution in [3.8, 4) is 0 Å². The number of nitrogens with one attached hydrogen (secondary N) is 2. The van der Waals surface area contributed by atoms with Crippen molar-refractivity contribution >= 4 is 40.2 Å². The molecule has 0 unspecified atom stereocenters. The van der Waals surface area contributed by atoms with Crippen LogP contribution in [-0.2, 0) is 4.79 Å². The van der Waals surface area contributed by atoms with Gasteiger partial charge in [0.15, 0.2) is 0 Å². The number of hydrogen-bond acceptors (Lipinski definition) is 2. The Kier molecular flexibility index (Phi) is 4.49. The van der Waals surface area contributed by atoms with Crippen LogP contribution in [0.25, 0.3) is 17.0 Å². The number of hydrogen-bond donors (Lipinski definition) is 2. The summed E-state index contributed by atoms with van der Waals surface area (Å²) in [7, 11) is 0. The lowest BCUT2D eigenvalue weighted by Crippen LogP contribution is -2.11. The maximum absolute atomic E-state index is 12.1. The van der Waals surface area contributed by atoms with Crippen molar-refractivity contribution in [2.24, 2.45) is 0 Å². The zero-order chi connectivity index (χ0) is 17.1. The van der Waals surface area contributed by atoms with Gasteiger partial charge >= 0.3 is 0 Å². The number of fused-ring (bicyclic) bond motifs is 1. The van der Waals surface area contributed by atoms with E-state index >= 15 is 0 Å². The minimum Gasteiger partial charge on any atom is -0.322 e. The number of pyridine rings is 1. The van der Waals surface area contributed by atoms with Crippen LogP contribution in [0.2, 0.25) is 5.02 Å². The fourth-order valence-electron chi connectivity index (χ4n) is 2.40. The summed E-state index contributed by atoms with van der Waals surface area (Å²) in [5.74, 6) is -0.312. The summed E-state index contributed by atoms with van der Waals surface area (Å²) in [5, 5.41) is 4.29. The first-order valence-corrected chi connectivity index (χ1v) is 7.78. The largest absolute Gasteiger partial charge is 0.322 e. The minimum atomic E-state index is -0.312. The second kappa shape index (κ2) is 6.72. The Labute approximate surface area is 143 Å². The molecule has 2 aromatic carbocycles. The van der Waals surface area contributed by atoms with Crippen molar-refractivity contribution < 1.29 is 4.79 Å². The molecule has 120 valence electrons. The van der Waals surface area contributed by atoms with Crippen LogP contribution in [0.15, 0.2) is 59.4 Å². The molecule has 1 heterocycles. The predicted octanol–water partition coefficient (Wildman–Crippen LogP) is 4.14. The Morgan fingerprint density at radius 2 is 1.96 bits per heavy atom. The molecular formula is C19H15ClN2O2. The lowest BCUT2D eigenvalue weighted by molar-refractivity contribution is -0.111. The smallest absolute Gasteiger partial charge is 0.255 e. The molecule has 0 aliphatic carbocycles. The third kappa shape index (κ3) is 3.55. The van der Waals surface area contributed by atoms with Gasteiger partial charge in [0.2, 0.25) is 5.91 Å². The fourth-order valence-corrected chi connectivity index (χ4v) is 2.62. The highest BCUT2D eigenvalue weighted by molar-refractivity contribution is 6.30. The van der Waals surface area contributed by atoms with E-state index in [-0.39, 0.29) is 11.5 Å². The van der Waals surface area contributed by atoms with Crippen LogP contribution < -0.4 is 10.9 Å². The average Bonchev–Trinajstić information content (AvgIpc) is 2.55. The maximum atomic E-state index is 12.1. The molecule has 0 spiro atoms. The summed E-state index contributed by atoms with van der Waals surface area (Å²) in [6.07, 6.45) is 2.85. The molecule has 0 bridgehead atoms. The molecule has 0 saturated heterocycles. The summed E-state index contributed by atoms with van der Waals surface area (Å²) in [5.41, 5.74) is 2.51. The summed E-state index contributed by atoms with van der Waals surface area (Å²) >= 11 is 5.89. The second-order valence-electron chi connectivity index (χ2n) is 5.42. The zero-order valence-electron chi connectivity index (χ0n) is 13.0. The summed E-state index contributed by atoms with van der Waals surface area (Å²) < 4.78 is 0. The van der Waals surface area contributed by atoms with E-state index < -0.39 is 0 Å². The quantitative estimate of drug-likeness (QED) is 0.705. The van der Waals surface area contributed by atoms with Gasteiger partial charge in [-0.15, -0.1) is 0 Å². The highest BCUT2D eigenvalue weighted by atomic mass is 35.5. The molecule has 3 rings (SSSR count). The van der Waals surface area contributed by atoms with Crippen LogP contribution in [0, 0.1) is 6.92 Å². The van der Waals surface area contributed by atoms with Crippen LogP contribution >= 0.6 is 11.6 Å². The Morgan fingerprint density at radius 3 is 2.75 bits per heavy atom. The van der Waals surface area contributed by atoms with Gasteiger partial charge in [-0.1, -0.05) is 29.8 Å². The van der Waals surface area contributed by atoms with Crippen LogP contribution in [-0.4, -0.2) is 10.9 Å². The number of carbonyl (C=O) groups is 1. The van der Waals surface area contributed by atoms with E-state index in [2.05, 4.69) is 10.3 Å². The van der Waals surface area contributed by atoms with Crippen LogP contribution in [0.4, 0.5) is 5.69 Å². The number of amides is 1. The molecule has 0 aliphatic heterocycles. The number of H-pyrrole nitrogens is 1. The van der Waals surface area contributed by atoms with Crippen molar-refractivity contribution in [1.29, 1.82) is 0 Å². The molecule has 0 fully saturated rings. The van der Waals surface area contributed by atoms with Crippen molar-refractivity contribution in [3.63, 3.8) is 0 Å². The molecule has 0 aliphatic rings. The molecule has 4 nitrogen and oxygen atoms in total. The average molecular weight is 339 g/mol. The van der Waals surface area contributed by atoms with Crippen LogP contribution in [0.1, 0.15) is 11.1 Å². The van der Waals surface area contributed by atoms with Gasteiger partial charge in [0.1, 0.15) is 0 Å². The Hall–Kier alpha value is -2.85. The predicted molar refractivity (Wildman–Crippen MR) is 98.4 cm³/mol. The Morgan fingerprint density at radius 1 is 1.17 bits per heavy atom. The third-order valence-corrected chi connectivity index (χ3v) is 3.88. The van der Waals surface area contributed by atoms with Gasteiger partial charge in [-0.2, -0.15) is 0 Å². The number of aromatic amines is 1. The Bertz CT molecular complexity index is 1010. The van der Waals surface area contributed by atoms with Crippen LogP contribution in [0.3, 0.4) is 0 Å². The third-order valence-electron chi connectivity index (χ3n) is 3.64.